The molecule has 2 heterocycles. The monoisotopic (exact) mass is 269 g/mol. The number of nitrogens with two attached hydrogens (primary N) is 1. The van der Waals surface area contributed by atoms with Crippen LogP contribution in [-0.2, 0) is 10.0 Å². The van der Waals surface area contributed by atoms with Gasteiger partial charge >= 0.3 is 0 Å². The minimum atomic E-state index is -3.42. The maximum atomic E-state index is 12.4. The molecule has 5 nitrogen and oxygen atoms in total. The Hall–Kier alpha value is -0.980. The minimum absolute atomic E-state index is 0.106. The van der Waals surface area contributed by atoms with Crippen LogP contribution in [0.5, 0.6) is 0 Å². The molecule has 1 aliphatic heterocycles. The van der Waals surface area contributed by atoms with Crippen molar-refractivity contribution >= 4 is 10.0 Å². The second-order valence-corrected chi connectivity index (χ2v) is 7.18. The van der Waals surface area contributed by atoms with E-state index in [1.54, 1.807) is 12.1 Å². The van der Waals surface area contributed by atoms with Crippen LogP contribution in [0.25, 0.3) is 0 Å². The van der Waals surface area contributed by atoms with E-state index in [0.29, 0.717) is 19.6 Å². The van der Waals surface area contributed by atoms with E-state index in [4.69, 9.17) is 5.73 Å². The summed E-state index contributed by atoms with van der Waals surface area (Å²) in [4.78, 5) is 4.30. The molecule has 1 saturated heterocycles. The zero-order valence-corrected chi connectivity index (χ0v) is 11.6. The predicted octanol–water partition coefficient (Wildman–Crippen LogP) is 0.749. The second kappa shape index (κ2) is 4.60. The van der Waals surface area contributed by atoms with E-state index in [1.165, 1.54) is 10.5 Å². The van der Waals surface area contributed by atoms with Gasteiger partial charge in [0.05, 0.1) is 0 Å². The molecule has 1 aliphatic rings. The number of hydrogen-bond acceptors (Lipinski definition) is 4. The molecule has 0 bridgehead atoms. The van der Waals surface area contributed by atoms with E-state index < -0.39 is 10.0 Å². The number of nitrogens with zero attached hydrogens (tertiary/aromatic N) is 2. The van der Waals surface area contributed by atoms with Crippen LogP contribution in [0.2, 0.25) is 0 Å². The Morgan fingerprint density at radius 1 is 1.50 bits per heavy atom. The molecule has 1 unspecified atom stereocenters. The van der Waals surface area contributed by atoms with Crippen LogP contribution in [0.3, 0.4) is 0 Å². The van der Waals surface area contributed by atoms with Crippen LogP contribution in [0, 0.1) is 12.3 Å². The van der Waals surface area contributed by atoms with Crippen molar-refractivity contribution in [2.45, 2.75) is 25.2 Å². The predicted molar refractivity (Wildman–Crippen MR) is 69.5 cm³/mol. The van der Waals surface area contributed by atoms with Crippen molar-refractivity contribution in [1.29, 1.82) is 0 Å². The fourth-order valence-electron chi connectivity index (χ4n) is 2.11. The van der Waals surface area contributed by atoms with Gasteiger partial charge in [0.1, 0.15) is 4.90 Å². The second-order valence-electron chi connectivity index (χ2n) is 5.24. The van der Waals surface area contributed by atoms with Gasteiger partial charge in [0.25, 0.3) is 0 Å². The highest BCUT2D eigenvalue weighted by molar-refractivity contribution is 7.89. The number of sulfonamides is 1. The molecule has 1 fully saturated rings. The molecule has 18 heavy (non-hydrogen) atoms. The molecule has 0 aliphatic carbocycles. The lowest BCUT2D eigenvalue weighted by Gasteiger charge is -2.22. The largest absolute Gasteiger partial charge is 0.330 e. The summed E-state index contributed by atoms with van der Waals surface area (Å²) in [5.74, 6) is 0. The third-order valence-corrected chi connectivity index (χ3v) is 5.37. The lowest BCUT2D eigenvalue weighted by atomic mass is 9.90. The average Bonchev–Trinajstić information content (AvgIpc) is 2.74. The molecule has 1 aromatic rings. The lowest BCUT2D eigenvalue weighted by molar-refractivity contribution is 0.349. The van der Waals surface area contributed by atoms with E-state index in [0.717, 1.165) is 12.1 Å². The molecule has 2 rings (SSSR count). The van der Waals surface area contributed by atoms with Gasteiger partial charge < -0.3 is 5.73 Å². The molecule has 6 heteroatoms. The fourth-order valence-corrected chi connectivity index (χ4v) is 3.64. The van der Waals surface area contributed by atoms with Crippen LogP contribution in [0.1, 0.15) is 19.0 Å². The van der Waals surface area contributed by atoms with Crippen LogP contribution in [-0.4, -0.2) is 37.3 Å². The molecular formula is C12H19N3O2S. The Balaban J connectivity index is 2.25. The first-order valence-electron chi connectivity index (χ1n) is 6.00. The van der Waals surface area contributed by atoms with Gasteiger partial charge in [-0.2, -0.15) is 4.31 Å². The fraction of sp³-hybridized carbons (Fsp3) is 0.583. The quantitative estimate of drug-likeness (QED) is 0.878. The normalized spacial score (nSPS) is 25.5. The molecule has 2 N–H and O–H groups in total. The van der Waals surface area contributed by atoms with Crippen molar-refractivity contribution in [2.75, 3.05) is 19.6 Å². The third-order valence-electron chi connectivity index (χ3n) is 3.54. The Bertz CT molecular complexity index is 527. The van der Waals surface area contributed by atoms with Crippen LogP contribution in [0.15, 0.2) is 23.2 Å². The maximum Gasteiger partial charge on any atom is 0.244 e. The number of aromatic nitrogens is 1. The summed E-state index contributed by atoms with van der Waals surface area (Å²) in [6.45, 7) is 5.38. The van der Waals surface area contributed by atoms with Gasteiger partial charge in [0.15, 0.2) is 0 Å². The Labute approximate surface area is 108 Å². The van der Waals surface area contributed by atoms with Crippen molar-refractivity contribution < 1.29 is 8.42 Å². The SMILES string of the molecule is Cc1ccc(S(=O)(=O)N2CCC(C)(CN)C2)cn1. The van der Waals surface area contributed by atoms with Gasteiger partial charge in [-0.3, -0.25) is 4.98 Å². The maximum absolute atomic E-state index is 12.4. The molecule has 0 spiro atoms. The van der Waals surface area contributed by atoms with Gasteiger partial charge in [-0.05, 0) is 37.4 Å². The van der Waals surface area contributed by atoms with Gasteiger partial charge in [0, 0.05) is 25.0 Å². The highest BCUT2D eigenvalue weighted by Gasteiger charge is 2.38. The zero-order chi connectivity index (χ0) is 13.4. The molecule has 0 saturated carbocycles. The van der Waals surface area contributed by atoms with Crippen molar-refractivity contribution in [2.24, 2.45) is 11.1 Å². The van der Waals surface area contributed by atoms with E-state index in [2.05, 4.69) is 4.98 Å². The molecule has 0 radical (unpaired) electrons. The number of aryl methyl sites for hydroxylation is 1. The van der Waals surface area contributed by atoms with Crippen molar-refractivity contribution in [1.82, 2.24) is 9.29 Å². The summed E-state index contributed by atoms with van der Waals surface area (Å²) in [5.41, 5.74) is 6.40. The summed E-state index contributed by atoms with van der Waals surface area (Å²) in [6.07, 6.45) is 2.23. The summed E-state index contributed by atoms with van der Waals surface area (Å²) in [5, 5.41) is 0. The van der Waals surface area contributed by atoms with Gasteiger partial charge in [-0.15, -0.1) is 0 Å². The first kappa shape index (κ1) is 13.5. The van der Waals surface area contributed by atoms with Gasteiger partial charge in [0.2, 0.25) is 10.0 Å². The molecule has 1 atom stereocenters. The third kappa shape index (κ3) is 2.41. The molecule has 0 amide bonds. The van der Waals surface area contributed by atoms with E-state index in [1.807, 2.05) is 13.8 Å². The number of hydrogen-bond donors (Lipinski definition) is 1. The van der Waals surface area contributed by atoms with Gasteiger partial charge in [-0.1, -0.05) is 6.92 Å². The van der Waals surface area contributed by atoms with Crippen LogP contribution < -0.4 is 5.73 Å². The number of pyridine rings is 1. The highest BCUT2D eigenvalue weighted by Crippen LogP contribution is 2.32. The minimum Gasteiger partial charge on any atom is -0.330 e. The first-order valence-corrected chi connectivity index (χ1v) is 7.44. The molecular weight excluding hydrogens is 250 g/mol. The van der Waals surface area contributed by atoms with Crippen molar-refractivity contribution in [3.63, 3.8) is 0 Å². The number of rotatable bonds is 3. The standard InChI is InChI=1S/C12H19N3O2S/c1-10-3-4-11(7-14-10)18(16,17)15-6-5-12(2,8-13)9-15/h3-4,7H,5-6,8-9,13H2,1-2H3. The average molecular weight is 269 g/mol. The van der Waals surface area contributed by atoms with E-state index >= 15 is 0 Å². The van der Waals surface area contributed by atoms with E-state index in [-0.39, 0.29) is 10.3 Å². The topological polar surface area (TPSA) is 76.3 Å². The summed E-state index contributed by atoms with van der Waals surface area (Å²) in [6, 6.07) is 3.32. The zero-order valence-electron chi connectivity index (χ0n) is 10.8. The van der Waals surface area contributed by atoms with Crippen molar-refractivity contribution in [3.05, 3.63) is 24.0 Å². The first-order chi connectivity index (χ1) is 8.37. The summed E-state index contributed by atoms with van der Waals surface area (Å²) < 4.78 is 26.3. The van der Waals surface area contributed by atoms with Gasteiger partial charge in [-0.25, -0.2) is 8.42 Å². The molecule has 1 aromatic heterocycles. The Morgan fingerprint density at radius 2 is 2.22 bits per heavy atom. The smallest absolute Gasteiger partial charge is 0.244 e. The van der Waals surface area contributed by atoms with Crippen molar-refractivity contribution in [3.8, 4) is 0 Å². The van der Waals surface area contributed by atoms with E-state index in [9.17, 15) is 8.42 Å². The van der Waals surface area contributed by atoms with Crippen LogP contribution in [0.4, 0.5) is 0 Å². The van der Waals surface area contributed by atoms with Crippen LogP contribution >= 0.6 is 0 Å². The summed E-state index contributed by atoms with van der Waals surface area (Å²) >= 11 is 0. The Morgan fingerprint density at radius 3 is 2.72 bits per heavy atom. The Kier molecular flexibility index (Phi) is 3.44. The molecule has 100 valence electrons. The molecule has 0 aromatic carbocycles. The lowest BCUT2D eigenvalue weighted by Crippen LogP contribution is -2.34. The summed E-state index contributed by atoms with van der Waals surface area (Å²) in [7, 11) is -3.42. The highest BCUT2D eigenvalue weighted by atomic mass is 32.2.